The van der Waals surface area contributed by atoms with E-state index in [4.69, 9.17) is 4.74 Å². The molecule has 0 spiro atoms. The lowest BCUT2D eigenvalue weighted by Gasteiger charge is -2.42. The fourth-order valence-electron chi connectivity index (χ4n) is 3.02. The van der Waals surface area contributed by atoms with Crippen LogP contribution in [-0.4, -0.2) is 39.8 Å². The van der Waals surface area contributed by atoms with Gasteiger partial charge in [0, 0.05) is 31.9 Å². The van der Waals surface area contributed by atoms with Crippen LogP contribution in [0, 0.1) is 11.6 Å². The Morgan fingerprint density at radius 2 is 2.17 bits per heavy atom. The van der Waals surface area contributed by atoms with Crippen molar-refractivity contribution in [1.82, 2.24) is 9.88 Å². The zero-order valence-electron chi connectivity index (χ0n) is 13.5. The first-order chi connectivity index (χ1) is 11.4. The van der Waals surface area contributed by atoms with Crippen molar-refractivity contribution in [3.8, 4) is 5.75 Å². The number of pyridine rings is 1. The molecule has 2 aromatic rings. The van der Waals surface area contributed by atoms with Crippen molar-refractivity contribution in [3.63, 3.8) is 0 Å². The number of likely N-dealkylation sites (tertiary alicyclic amines) is 1. The monoisotopic (exact) mass is 334 g/mol. The Hall–Kier alpha value is -2.05. The summed E-state index contributed by atoms with van der Waals surface area (Å²) in [6.45, 7) is 2.96. The highest BCUT2D eigenvalue weighted by molar-refractivity contribution is 5.23. The second kappa shape index (κ2) is 6.83. The summed E-state index contributed by atoms with van der Waals surface area (Å²) < 4.78 is 32.8. The van der Waals surface area contributed by atoms with Crippen molar-refractivity contribution >= 4 is 0 Å². The molecule has 0 radical (unpaired) electrons. The van der Waals surface area contributed by atoms with Gasteiger partial charge in [-0.15, -0.1) is 0 Å². The standard InChI is InChI=1S/C18H20F2N2O2/c1-18(23)12-22(11-16-15(20)6-3-8-21-16)9-7-17(18)24-14-5-2-4-13(19)10-14/h2-6,8,10,17,23H,7,9,11-12H2,1H3/t17-,18-/m0/s1. The van der Waals surface area contributed by atoms with Crippen LogP contribution in [-0.2, 0) is 6.54 Å². The molecular weight excluding hydrogens is 314 g/mol. The van der Waals surface area contributed by atoms with Crippen molar-refractivity contribution in [3.05, 3.63) is 59.9 Å². The van der Waals surface area contributed by atoms with Crippen LogP contribution >= 0.6 is 0 Å². The van der Waals surface area contributed by atoms with Gasteiger partial charge in [-0.3, -0.25) is 9.88 Å². The van der Waals surface area contributed by atoms with Crippen molar-refractivity contribution < 1.29 is 18.6 Å². The summed E-state index contributed by atoms with van der Waals surface area (Å²) in [7, 11) is 0. The molecule has 128 valence electrons. The number of piperidine rings is 1. The molecule has 3 rings (SSSR count). The SMILES string of the molecule is C[C@]1(O)CN(Cc2ncccc2F)CC[C@@H]1Oc1cccc(F)c1. The van der Waals surface area contributed by atoms with Crippen LogP contribution in [0.2, 0.25) is 0 Å². The first-order valence-corrected chi connectivity index (χ1v) is 7.90. The van der Waals surface area contributed by atoms with Crippen LogP contribution in [0.4, 0.5) is 8.78 Å². The molecule has 1 aromatic carbocycles. The highest BCUT2D eigenvalue weighted by Crippen LogP contribution is 2.27. The molecule has 1 saturated heterocycles. The molecule has 1 aromatic heterocycles. The smallest absolute Gasteiger partial charge is 0.146 e. The number of ether oxygens (including phenoxy) is 1. The molecular formula is C18H20F2N2O2. The van der Waals surface area contributed by atoms with Gasteiger partial charge in [-0.05, 0) is 37.6 Å². The van der Waals surface area contributed by atoms with Gasteiger partial charge < -0.3 is 9.84 Å². The van der Waals surface area contributed by atoms with Crippen LogP contribution in [0.3, 0.4) is 0 Å². The van der Waals surface area contributed by atoms with E-state index in [0.717, 1.165) is 0 Å². The summed E-state index contributed by atoms with van der Waals surface area (Å²) in [6.07, 6.45) is 1.65. The zero-order chi connectivity index (χ0) is 17.2. The summed E-state index contributed by atoms with van der Waals surface area (Å²) in [5.74, 6) is -0.338. The average Bonchev–Trinajstić information content (AvgIpc) is 2.52. The average molecular weight is 334 g/mol. The third-order valence-electron chi connectivity index (χ3n) is 4.23. The highest BCUT2D eigenvalue weighted by Gasteiger charge is 2.40. The second-order valence-electron chi connectivity index (χ2n) is 6.35. The van der Waals surface area contributed by atoms with Crippen molar-refractivity contribution in [2.24, 2.45) is 0 Å². The Bertz CT molecular complexity index is 709. The van der Waals surface area contributed by atoms with Crippen molar-refractivity contribution in [1.29, 1.82) is 0 Å². The van der Waals surface area contributed by atoms with Gasteiger partial charge in [-0.1, -0.05) is 6.07 Å². The number of rotatable bonds is 4. The molecule has 0 amide bonds. The Morgan fingerprint density at radius 3 is 2.88 bits per heavy atom. The van der Waals surface area contributed by atoms with Gasteiger partial charge in [0.25, 0.3) is 0 Å². The minimum Gasteiger partial charge on any atom is -0.487 e. The van der Waals surface area contributed by atoms with E-state index in [1.54, 1.807) is 31.3 Å². The number of halogens is 2. The van der Waals surface area contributed by atoms with Gasteiger partial charge in [-0.2, -0.15) is 0 Å². The number of hydrogen-bond donors (Lipinski definition) is 1. The van der Waals surface area contributed by atoms with Gasteiger partial charge in [0.15, 0.2) is 0 Å². The lowest BCUT2D eigenvalue weighted by molar-refractivity contribution is -0.0997. The van der Waals surface area contributed by atoms with E-state index in [2.05, 4.69) is 4.98 Å². The quantitative estimate of drug-likeness (QED) is 0.934. The van der Waals surface area contributed by atoms with Gasteiger partial charge >= 0.3 is 0 Å². The summed E-state index contributed by atoms with van der Waals surface area (Å²) >= 11 is 0. The summed E-state index contributed by atoms with van der Waals surface area (Å²) in [5.41, 5.74) is -0.770. The number of hydrogen-bond acceptors (Lipinski definition) is 4. The molecule has 0 bridgehead atoms. The molecule has 4 nitrogen and oxygen atoms in total. The normalized spacial score (nSPS) is 24.8. The van der Waals surface area contributed by atoms with E-state index in [-0.39, 0.29) is 11.6 Å². The summed E-state index contributed by atoms with van der Waals surface area (Å²) in [4.78, 5) is 5.99. The number of β-amino-alcohol motifs (C(OH)–C–C–N with tert-alkyl or cyclic N) is 1. The number of aliphatic hydroxyl groups is 1. The first-order valence-electron chi connectivity index (χ1n) is 7.90. The zero-order valence-corrected chi connectivity index (χ0v) is 13.5. The molecule has 24 heavy (non-hydrogen) atoms. The van der Waals surface area contributed by atoms with Gasteiger partial charge in [0.1, 0.15) is 29.1 Å². The molecule has 6 heteroatoms. The van der Waals surface area contributed by atoms with Gasteiger partial charge in [0.2, 0.25) is 0 Å². The Morgan fingerprint density at radius 1 is 1.33 bits per heavy atom. The molecule has 2 heterocycles. The van der Waals surface area contributed by atoms with Crippen LogP contribution in [0.5, 0.6) is 5.75 Å². The van der Waals surface area contributed by atoms with Crippen molar-refractivity contribution in [2.75, 3.05) is 13.1 Å². The Balaban J connectivity index is 1.65. The first kappa shape index (κ1) is 16.8. The number of nitrogens with zero attached hydrogens (tertiary/aromatic N) is 2. The minimum absolute atomic E-state index is 0.322. The fourth-order valence-corrected chi connectivity index (χ4v) is 3.02. The topological polar surface area (TPSA) is 45.6 Å². The van der Waals surface area contributed by atoms with E-state index < -0.39 is 11.7 Å². The highest BCUT2D eigenvalue weighted by atomic mass is 19.1. The molecule has 1 fully saturated rings. The molecule has 0 aliphatic carbocycles. The predicted octanol–water partition coefficient (Wildman–Crippen LogP) is 2.76. The third kappa shape index (κ3) is 3.88. The predicted molar refractivity (Wildman–Crippen MR) is 85.5 cm³/mol. The molecule has 1 aliphatic heterocycles. The van der Waals surface area contributed by atoms with Crippen LogP contribution in [0.25, 0.3) is 0 Å². The Labute approximate surface area is 139 Å². The number of benzene rings is 1. The van der Waals surface area contributed by atoms with Crippen LogP contribution in [0.1, 0.15) is 19.0 Å². The van der Waals surface area contributed by atoms with E-state index in [1.165, 1.54) is 18.2 Å². The molecule has 0 saturated carbocycles. The van der Waals surface area contributed by atoms with E-state index in [0.29, 0.717) is 37.5 Å². The summed E-state index contributed by atoms with van der Waals surface area (Å²) in [5, 5.41) is 10.7. The molecule has 0 unspecified atom stereocenters. The second-order valence-corrected chi connectivity index (χ2v) is 6.35. The molecule has 2 atom stereocenters. The maximum absolute atomic E-state index is 13.7. The number of aromatic nitrogens is 1. The lowest BCUT2D eigenvalue weighted by atomic mass is 9.91. The van der Waals surface area contributed by atoms with E-state index >= 15 is 0 Å². The fraction of sp³-hybridized carbons (Fsp3) is 0.389. The van der Waals surface area contributed by atoms with Gasteiger partial charge in [0.05, 0.1) is 5.69 Å². The Kier molecular flexibility index (Phi) is 4.78. The largest absolute Gasteiger partial charge is 0.487 e. The third-order valence-corrected chi connectivity index (χ3v) is 4.23. The lowest BCUT2D eigenvalue weighted by Crippen LogP contribution is -2.56. The van der Waals surface area contributed by atoms with Crippen LogP contribution in [0.15, 0.2) is 42.6 Å². The van der Waals surface area contributed by atoms with E-state index in [9.17, 15) is 13.9 Å². The summed E-state index contributed by atoms with van der Waals surface area (Å²) in [6, 6.07) is 8.79. The minimum atomic E-state index is -1.13. The van der Waals surface area contributed by atoms with E-state index in [1.807, 2.05) is 4.90 Å². The molecule has 1 N–H and O–H groups in total. The van der Waals surface area contributed by atoms with Gasteiger partial charge in [-0.25, -0.2) is 8.78 Å². The van der Waals surface area contributed by atoms with Crippen molar-refractivity contribution in [2.45, 2.75) is 31.6 Å². The van der Waals surface area contributed by atoms with Crippen LogP contribution < -0.4 is 4.74 Å². The molecule has 1 aliphatic rings. The maximum Gasteiger partial charge on any atom is 0.146 e. The maximum atomic E-state index is 13.7.